The van der Waals surface area contributed by atoms with Gasteiger partial charge in [-0.15, -0.1) is 12.3 Å². The smallest absolute Gasteiger partial charge is 0.365 e. The molecular formula is C28H34N10O2. The molecule has 4 aromatic heterocycles. The summed E-state index contributed by atoms with van der Waals surface area (Å²) in [6.45, 7) is 4.96. The van der Waals surface area contributed by atoms with Crippen molar-refractivity contribution in [3.8, 4) is 24.0 Å². The molecule has 2 unspecified atom stereocenters. The van der Waals surface area contributed by atoms with E-state index in [9.17, 15) is 4.79 Å². The fourth-order valence-electron chi connectivity index (χ4n) is 5.70. The van der Waals surface area contributed by atoms with Crippen LogP contribution in [0.4, 0.5) is 11.8 Å². The number of rotatable bonds is 9. The fourth-order valence-corrected chi connectivity index (χ4v) is 5.70. The Hall–Kier alpha value is -4.27. The first kappa shape index (κ1) is 26.0. The molecule has 0 bridgehead atoms. The van der Waals surface area contributed by atoms with E-state index in [0.29, 0.717) is 35.2 Å². The number of aromatic nitrogens is 8. The zero-order valence-corrected chi connectivity index (χ0v) is 22.8. The first-order valence-corrected chi connectivity index (χ1v) is 14.1. The van der Waals surface area contributed by atoms with Gasteiger partial charge in [-0.1, -0.05) is 11.6 Å². The zero-order chi connectivity index (χ0) is 27.6. The van der Waals surface area contributed by atoms with E-state index >= 15 is 0 Å². The minimum absolute atomic E-state index is 0.147. The van der Waals surface area contributed by atoms with Gasteiger partial charge in [-0.25, -0.2) is 14.8 Å². The van der Waals surface area contributed by atoms with Crippen molar-refractivity contribution in [3.05, 3.63) is 34.8 Å². The molecule has 2 fully saturated rings. The van der Waals surface area contributed by atoms with E-state index in [1.165, 1.54) is 19.3 Å². The Kier molecular flexibility index (Phi) is 7.19. The van der Waals surface area contributed by atoms with Crippen LogP contribution in [0.2, 0.25) is 0 Å². The Bertz CT molecular complexity index is 1560. The van der Waals surface area contributed by atoms with Crippen molar-refractivity contribution in [1.29, 1.82) is 0 Å². The fraction of sp³-hybridized carbons (Fsp3) is 0.536. The topological polar surface area (TPSA) is 152 Å². The molecule has 0 spiro atoms. The molecule has 2 saturated carbocycles. The SMILES string of the molecule is C#CC1CCC(Cn2c(NC(C)c3cnccn3)nc3nc(-c4noc(=O)[nH]4)nc(NC(C)C4CCC4)c32)CC1. The van der Waals surface area contributed by atoms with Crippen molar-refractivity contribution >= 4 is 22.9 Å². The quantitative estimate of drug-likeness (QED) is 0.263. The van der Waals surface area contributed by atoms with Crippen molar-refractivity contribution < 1.29 is 4.52 Å². The molecule has 0 aromatic carbocycles. The van der Waals surface area contributed by atoms with E-state index in [1.54, 1.807) is 18.6 Å². The number of anilines is 2. The van der Waals surface area contributed by atoms with Crippen molar-refractivity contribution in [2.24, 2.45) is 17.8 Å². The van der Waals surface area contributed by atoms with Crippen LogP contribution in [0.3, 0.4) is 0 Å². The van der Waals surface area contributed by atoms with Gasteiger partial charge in [-0.05, 0) is 64.2 Å². The third-order valence-electron chi connectivity index (χ3n) is 8.37. The zero-order valence-electron chi connectivity index (χ0n) is 22.8. The maximum absolute atomic E-state index is 11.7. The van der Waals surface area contributed by atoms with Gasteiger partial charge in [-0.3, -0.25) is 19.5 Å². The molecule has 2 atom stereocenters. The van der Waals surface area contributed by atoms with Crippen LogP contribution in [0, 0.1) is 30.1 Å². The second kappa shape index (κ2) is 11.1. The number of hydrogen-bond donors (Lipinski definition) is 3. The highest BCUT2D eigenvalue weighted by Gasteiger charge is 2.29. The number of fused-ring (bicyclic) bond motifs is 1. The van der Waals surface area contributed by atoms with Gasteiger partial charge in [0.15, 0.2) is 11.5 Å². The molecule has 6 rings (SSSR count). The first-order valence-electron chi connectivity index (χ1n) is 14.1. The molecule has 208 valence electrons. The van der Waals surface area contributed by atoms with Crippen molar-refractivity contribution in [2.75, 3.05) is 10.6 Å². The number of imidazole rings is 1. The Morgan fingerprint density at radius 1 is 1.12 bits per heavy atom. The summed E-state index contributed by atoms with van der Waals surface area (Å²) in [5, 5.41) is 11.0. The van der Waals surface area contributed by atoms with Gasteiger partial charge in [0.1, 0.15) is 5.52 Å². The summed E-state index contributed by atoms with van der Waals surface area (Å²) in [5.41, 5.74) is 2.12. The lowest BCUT2D eigenvalue weighted by Gasteiger charge is -2.32. The van der Waals surface area contributed by atoms with E-state index < -0.39 is 5.76 Å². The van der Waals surface area contributed by atoms with E-state index in [1.807, 2.05) is 6.92 Å². The highest BCUT2D eigenvalue weighted by atomic mass is 16.5. The van der Waals surface area contributed by atoms with Gasteiger partial charge >= 0.3 is 5.76 Å². The summed E-state index contributed by atoms with van der Waals surface area (Å²) < 4.78 is 6.93. The monoisotopic (exact) mass is 542 g/mol. The van der Waals surface area contributed by atoms with Crippen LogP contribution in [0.15, 0.2) is 27.9 Å². The van der Waals surface area contributed by atoms with E-state index in [-0.39, 0.29) is 23.7 Å². The minimum Gasteiger partial charge on any atom is -0.365 e. The first-order chi connectivity index (χ1) is 19.5. The number of H-pyrrole nitrogens is 1. The van der Waals surface area contributed by atoms with Crippen LogP contribution in [0.5, 0.6) is 0 Å². The van der Waals surface area contributed by atoms with Gasteiger partial charge in [-0.2, -0.15) is 4.98 Å². The lowest BCUT2D eigenvalue weighted by atomic mass is 9.80. The summed E-state index contributed by atoms with van der Waals surface area (Å²) in [5.74, 6) is 5.37. The average molecular weight is 543 g/mol. The van der Waals surface area contributed by atoms with Gasteiger partial charge in [0.05, 0.1) is 17.9 Å². The molecule has 12 nitrogen and oxygen atoms in total. The Morgan fingerprint density at radius 2 is 1.95 bits per heavy atom. The van der Waals surface area contributed by atoms with Crippen molar-refractivity contribution in [2.45, 2.75) is 77.4 Å². The molecule has 40 heavy (non-hydrogen) atoms. The molecule has 4 heterocycles. The van der Waals surface area contributed by atoms with Crippen molar-refractivity contribution in [3.63, 3.8) is 0 Å². The van der Waals surface area contributed by atoms with E-state index in [4.69, 9.17) is 25.9 Å². The molecule has 0 aliphatic heterocycles. The standard InChI is InChI=1S/C28H34N10O2/c1-4-18-8-10-19(11-9-18)15-38-22-23(31-16(2)20-6-5-7-20)33-25(26-36-28(39)40-37-26)34-24(22)35-27(38)32-17(3)21-14-29-12-13-30-21/h1,12-14,16-20H,5-11,15H2,2-3H3,(H,36,37,39)(H2,31,32,33,34,35). The molecule has 0 amide bonds. The third kappa shape index (κ3) is 5.28. The minimum atomic E-state index is -0.663. The van der Waals surface area contributed by atoms with Crippen LogP contribution in [-0.4, -0.2) is 45.7 Å². The Morgan fingerprint density at radius 3 is 2.60 bits per heavy atom. The maximum atomic E-state index is 11.7. The predicted molar refractivity (Wildman–Crippen MR) is 150 cm³/mol. The summed E-state index contributed by atoms with van der Waals surface area (Å²) in [7, 11) is 0. The number of nitrogens with zero attached hydrogens (tertiary/aromatic N) is 7. The van der Waals surface area contributed by atoms with Crippen molar-refractivity contribution in [1.82, 2.24) is 39.6 Å². The van der Waals surface area contributed by atoms with E-state index in [0.717, 1.165) is 43.4 Å². The van der Waals surface area contributed by atoms with Crippen LogP contribution in [0.25, 0.3) is 22.8 Å². The number of nitrogens with one attached hydrogen (secondary N) is 3. The van der Waals surface area contributed by atoms with E-state index in [2.05, 4.69) is 48.2 Å². The van der Waals surface area contributed by atoms with Gasteiger partial charge in [0.2, 0.25) is 17.6 Å². The Balaban J connectivity index is 1.44. The largest absolute Gasteiger partial charge is 0.439 e. The van der Waals surface area contributed by atoms with Crippen LogP contribution < -0.4 is 16.4 Å². The van der Waals surface area contributed by atoms with Crippen LogP contribution in [0.1, 0.15) is 70.5 Å². The molecule has 2 aliphatic rings. The normalized spacial score (nSPS) is 20.9. The summed E-state index contributed by atoms with van der Waals surface area (Å²) in [6.07, 6.45) is 18.6. The maximum Gasteiger partial charge on any atom is 0.439 e. The number of terminal acetylenes is 1. The second-order valence-corrected chi connectivity index (χ2v) is 11.1. The highest BCUT2D eigenvalue weighted by molar-refractivity contribution is 5.87. The van der Waals surface area contributed by atoms with Gasteiger partial charge in [0, 0.05) is 30.9 Å². The molecule has 0 saturated heterocycles. The number of aromatic amines is 1. The molecule has 2 aliphatic carbocycles. The summed E-state index contributed by atoms with van der Waals surface area (Å²) in [6, 6.07) is 0.0615. The number of hydrogen-bond acceptors (Lipinski definition) is 10. The lowest BCUT2D eigenvalue weighted by molar-refractivity contribution is 0.284. The van der Waals surface area contributed by atoms with Crippen LogP contribution in [-0.2, 0) is 6.54 Å². The van der Waals surface area contributed by atoms with Gasteiger partial charge < -0.3 is 15.2 Å². The summed E-state index contributed by atoms with van der Waals surface area (Å²) in [4.78, 5) is 37.5. The molecule has 0 radical (unpaired) electrons. The molecule has 12 heteroatoms. The summed E-state index contributed by atoms with van der Waals surface area (Å²) >= 11 is 0. The Labute approximate surface area is 231 Å². The molecule has 4 aromatic rings. The average Bonchev–Trinajstić information content (AvgIpc) is 3.52. The highest BCUT2D eigenvalue weighted by Crippen LogP contribution is 2.36. The molecule has 3 N–H and O–H groups in total. The third-order valence-corrected chi connectivity index (χ3v) is 8.37. The van der Waals surface area contributed by atoms with Gasteiger partial charge in [0.25, 0.3) is 0 Å². The lowest BCUT2D eigenvalue weighted by Crippen LogP contribution is -2.31. The predicted octanol–water partition coefficient (Wildman–Crippen LogP) is 4.17. The molecular weight excluding hydrogens is 508 g/mol. The van der Waals surface area contributed by atoms with Crippen LogP contribution >= 0.6 is 0 Å². The second-order valence-electron chi connectivity index (χ2n) is 11.1.